The molecular formula is C20H23ClN2O2. The third-order valence-corrected chi connectivity index (χ3v) is 4.63. The Bertz CT molecular complexity index is 732. The van der Waals surface area contributed by atoms with Crippen LogP contribution in [0.3, 0.4) is 0 Å². The van der Waals surface area contributed by atoms with Crippen molar-refractivity contribution in [3.05, 3.63) is 64.7 Å². The number of amides is 1. The number of nitrogens with zero attached hydrogens (tertiary/aromatic N) is 1. The van der Waals surface area contributed by atoms with Crippen LogP contribution in [0, 0.1) is 0 Å². The minimum Gasteiger partial charge on any atom is -0.496 e. The van der Waals surface area contributed by atoms with E-state index in [1.54, 1.807) is 13.2 Å². The van der Waals surface area contributed by atoms with Gasteiger partial charge in [0.2, 0.25) is 5.91 Å². The lowest BCUT2D eigenvalue weighted by molar-refractivity contribution is -0.126. The fourth-order valence-electron chi connectivity index (χ4n) is 2.98. The molecule has 2 aromatic carbocycles. The van der Waals surface area contributed by atoms with Crippen LogP contribution in [0.5, 0.6) is 5.75 Å². The zero-order chi connectivity index (χ0) is 17.8. The summed E-state index contributed by atoms with van der Waals surface area (Å²) in [4.78, 5) is 14.9. The van der Waals surface area contributed by atoms with Crippen LogP contribution in [0.4, 0.5) is 0 Å². The molecule has 0 spiro atoms. The van der Waals surface area contributed by atoms with Gasteiger partial charge in [-0.3, -0.25) is 9.69 Å². The van der Waals surface area contributed by atoms with E-state index < -0.39 is 0 Å². The number of carbonyl (C=O) groups excluding carboxylic acids is 1. The van der Waals surface area contributed by atoms with Gasteiger partial charge in [-0.25, -0.2) is 0 Å². The molecule has 2 aromatic rings. The quantitative estimate of drug-likeness (QED) is 0.818. The Balaban J connectivity index is 1.84. The largest absolute Gasteiger partial charge is 0.496 e. The van der Waals surface area contributed by atoms with Gasteiger partial charge >= 0.3 is 0 Å². The van der Waals surface area contributed by atoms with Crippen molar-refractivity contribution in [3.8, 4) is 5.75 Å². The summed E-state index contributed by atoms with van der Waals surface area (Å²) in [6, 6.07) is 15.4. The number of benzene rings is 2. The zero-order valence-electron chi connectivity index (χ0n) is 14.5. The highest BCUT2D eigenvalue weighted by molar-refractivity contribution is 6.30. The number of nitrogens with one attached hydrogen (secondary N) is 1. The molecule has 25 heavy (non-hydrogen) atoms. The number of hydrogen-bond donors (Lipinski definition) is 1. The highest BCUT2D eigenvalue weighted by Crippen LogP contribution is 2.29. The molecule has 3 rings (SSSR count). The van der Waals surface area contributed by atoms with E-state index in [-0.39, 0.29) is 11.9 Å². The third-order valence-electron chi connectivity index (χ3n) is 4.39. The first-order valence-electron chi connectivity index (χ1n) is 8.46. The van der Waals surface area contributed by atoms with Gasteiger partial charge in [-0.15, -0.1) is 0 Å². The topological polar surface area (TPSA) is 41.6 Å². The highest BCUT2D eigenvalue weighted by Gasteiger charge is 2.31. The van der Waals surface area contributed by atoms with Gasteiger partial charge in [0, 0.05) is 23.2 Å². The molecule has 0 heterocycles. The second-order valence-corrected chi connectivity index (χ2v) is 6.90. The number of likely N-dealkylation sites (N-methyl/N-ethyl adjacent to an activating group) is 1. The lowest BCUT2D eigenvalue weighted by Gasteiger charge is -2.28. The van der Waals surface area contributed by atoms with Crippen LogP contribution < -0.4 is 10.1 Å². The van der Waals surface area contributed by atoms with Gasteiger partial charge < -0.3 is 10.1 Å². The summed E-state index contributed by atoms with van der Waals surface area (Å²) >= 11 is 6.14. The molecular weight excluding hydrogens is 336 g/mol. The van der Waals surface area contributed by atoms with Crippen LogP contribution in [0.15, 0.2) is 48.5 Å². The summed E-state index contributed by atoms with van der Waals surface area (Å²) < 4.78 is 5.44. The van der Waals surface area contributed by atoms with Crippen LogP contribution in [-0.2, 0) is 11.3 Å². The van der Waals surface area contributed by atoms with Crippen molar-refractivity contribution < 1.29 is 9.53 Å². The second-order valence-electron chi connectivity index (χ2n) is 6.47. The second kappa shape index (κ2) is 7.89. The molecule has 1 atom stereocenters. The zero-order valence-corrected chi connectivity index (χ0v) is 15.3. The van der Waals surface area contributed by atoms with Crippen molar-refractivity contribution in [3.63, 3.8) is 0 Å². The molecule has 1 N–H and O–H groups in total. The number of methoxy groups -OCH3 is 1. The molecule has 1 aliphatic carbocycles. The molecule has 0 unspecified atom stereocenters. The van der Waals surface area contributed by atoms with Crippen molar-refractivity contribution in [2.45, 2.75) is 31.5 Å². The van der Waals surface area contributed by atoms with Crippen molar-refractivity contribution >= 4 is 17.5 Å². The number of ether oxygens (including phenoxy) is 1. The van der Waals surface area contributed by atoms with E-state index in [4.69, 9.17) is 16.3 Å². The molecule has 0 aliphatic heterocycles. The molecule has 0 bridgehead atoms. The summed E-state index contributed by atoms with van der Waals surface area (Å²) in [5.41, 5.74) is 1.93. The Morgan fingerprint density at radius 3 is 2.64 bits per heavy atom. The monoisotopic (exact) mass is 358 g/mol. The van der Waals surface area contributed by atoms with Crippen molar-refractivity contribution in [1.82, 2.24) is 10.2 Å². The molecule has 0 saturated heterocycles. The molecule has 0 aromatic heterocycles. The number of carbonyl (C=O) groups is 1. The minimum atomic E-state index is -0.356. The average molecular weight is 359 g/mol. The Hall–Kier alpha value is -2.04. The van der Waals surface area contributed by atoms with E-state index >= 15 is 0 Å². The molecule has 132 valence electrons. The lowest BCUT2D eigenvalue weighted by Crippen LogP contribution is -2.39. The smallest absolute Gasteiger partial charge is 0.242 e. The van der Waals surface area contributed by atoms with Gasteiger partial charge in [0.25, 0.3) is 0 Å². The number of rotatable bonds is 7. The summed E-state index contributed by atoms with van der Waals surface area (Å²) in [6.45, 7) is 0.557. The van der Waals surface area contributed by atoms with Crippen LogP contribution in [0.25, 0.3) is 0 Å². The normalized spacial score (nSPS) is 15.0. The van der Waals surface area contributed by atoms with Gasteiger partial charge in [-0.05, 0) is 43.7 Å². The Kier molecular flexibility index (Phi) is 5.61. The predicted molar refractivity (Wildman–Crippen MR) is 99.8 cm³/mol. The van der Waals surface area contributed by atoms with E-state index in [1.165, 1.54) is 0 Å². The van der Waals surface area contributed by atoms with Crippen LogP contribution in [-0.4, -0.2) is 31.0 Å². The van der Waals surface area contributed by atoms with Crippen molar-refractivity contribution in [2.75, 3.05) is 14.2 Å². The van der Waals surface area contributed by atoms with E-state index in [0.29, 0.717) is 17.6 Å². The lowest BCUT2D eigenvalue weighted by atomic mass is 10.0. The third kappa shape index (κ3) is 4.53. The number of hydrogen-bond acceptors (Lipinski definition) is 3. The van der Waals surface area contributed by atoms with Crippen LogP contribution in [0.1, 0.15) is 30.0 Å². The standard InChI is InChI=1S/C20H23ClN2O2/c1-23(13-15-12-16(21)8-11-18(15)25-2)19(14-6-4-3-5-7-14)20(24)22-17-9-10-17/h3-8,11-12,17,19H,9-10,13H2,1-2H3,(H,22,24)/t19-/m0/s1. The van der Waals surface area contributed by atoms with Crippen molar-refractivity contribution in [1.29, 1.82) is 0 Å². The van der Waals surface area contributed by atoms with E-state index in [9.17, 15) is 4.79 Å². The van der Waals surface area contributed by atoms with Crippen molar-refractivity contribution in [2.24, 2.45) is 0 Å². The fourth-order valence-corrected chi connectivity index (χ4v) is 3.17. The summed E-state index contributed by atoms with van der Waals surface area (Å²) in [5, 5.41) is 3.78. The van der Waals surface area contributed by atoms with Gasteiger partial charge in [-0.2, -0.15) is 0 Å². The summed E-state index contributed by atoms with van der Waals surface area (Å²) in [7, 11) is 3.59. The van der Waals surface area contributed by atoms with Gasteiger partial charge in [0.05, 0.1) is 7.11 Å². The summed E-state index contributed by atoms with van der Waals surface area (Å²) in [5.74, 6) is 0.808. The van der Waals surface area contributed by atoms with Crippen LogP contribution >= 0.6 is 11.6 Å². The summed E-state index contributed by atoms with van der Waals surface area (Å²) in [6.07, 6.45) is 2.14. The predicted octanol–water partition coefficient (Wildman–Crippen LogP) is 3.80. The molecule has 1 saturated carbocycles. The fraction of sp³-hybridized carbons (Fsp3) is 0.350. The first-order chi connectivity index (χ1) is 12.1. The minimum absolute atomic E-state index is 0.0391. The Morgan fingerprint density at radius 2 is 2.00 bits per heavy atom. The van der Waals surface area contributed by atoms with E-state index in [1.807, 2.05) is 54.4 Å². The molecule has 1 aliphatic rings. The molecule has 1 amide bonds. The molecule has 4 nitrogen and oxygen atoms in total. The molecule has 0 radical (unpaired) electrons. The first-order valence-corrected chi connectivity index (χ1v) is 8.84. The van der Waals surface area contributed by atoms with E-state index in [2.05, 4.69) is 5.32 Å². The maximum absolute atomic E-state index is 12.8. The van der Waals surface area contributed by atoms with Crippen LogP contribution in [0.2, 0.25) is 5.02 Å². The van der Waals surface area contributed by atoms with Gasteiger partial charge in [0.15, 0.2) is 0 Å². The van der Waals surface area contributed by atoms with Gasteiger partial charge in [0.1, 0.15) is 11.8 Å². The SMILES string of the molecule is COc1ccc(Cl)cc1CN(C)[C@H](C(=O)NC1CC1)c1ccccc1. The molecule has 1 fully saturated rings. The number of halogens is 1. The Morgan fingerprint density at radius 1 is 1.28 bits per heavy atom. The van der Waals surface area contributed by atoms with Gasteiger partial charge in [-0.1, -0.05) is 41.9 Å². The maximum atomic E-state index is 12.8. The first kappa shape index (κ1) is 17.8. The molecule has 5 heteroatoms. The van der Waals surface area contributed by atoms with E-state index in [0.717, 1.165) is 29.7 Å². The maximum Gasteiger partial charge on any atom is 0.242 e. The Labute approximate surface area is 153 Å². The average Bonchev–Trinajstić information content (AvgIpc) is 3.40. The highest BCUT2D eigenvalue weighted by atomic mass is 35.5.